The number of aromatic nitrogens is 1. The van der Waals surface area contributed by atoms with E-state index in [0.29, 0.717) is 37.7 Å². The first kappa shape index (κ1) is 19.9. The number of nitrogens with zero attached hydrogens (tertiary/aromatic N) is 2. The lowest BCUT2D eigenvalue weighted by molar-refractivity contribution is 0.0800. The van der Waals surface area contributed by atoms with Crippen LogP contribution in [0.3, 0.4) is 0 Å². The van der Waals surface area contributed by atoms with Crippen LogP contribution in [-0.4, -0.2) is 41.5 Å². The number of likely N-dealkylation sites (tertiary alicyclic amines) is 1. The second-order valence-electron chi connectivity index (χ2n) is 7.10. The number of nitrogens with one attached hydrogen (secondary N) is 1. The number of pyridine rings is 1. The SMILES string of the molecule is CCc1ccc(COC(=O)N2CCC(CNC(=O)c3ccncc3)CC2)cc1. The van der Waals surface area contributed by atoms with Crippen LogP contribution < -0.4 is 5.32 Å². The minimum Gasteiger partial charge on any atom is -0.445 e. The summed E-state index contributed by atoms with van der Waals surface area (Å²) in [6.07, 6.45) is 5.67. The van der Waals surface area contributed by atoms with Gasteiger partial charge in [0.15, 0.2) is 0 Å². The molecule has 6 nitrogen and oxygen atoms in total. The number of carbonyl (C=O) groups excluding carboxylic acids is 2. The van der Waals surface area contributed by atoms with Gasteiger partial charge in [-0.2, -0.15) is 0 Å². The molecule has 1 fully saturated rings. The first-order valence-corrected chi connectivity index (χ1v) is 9.83. The van der Waals surface area contributed by atoms with Gasteiger partial charge in [-0.25, -0.2) is 4.79 Å². The summed E-state index contributed by atoms with van der Waals surface area (Å²) < 4.78 is 5.44. The first-order chi connectivity index (χ1) is 13.7. The van der Waals surface area contributed by atoms with E-state index in [1.54, 1.807) is 29.4 Å². The van der Waals surface area contributed by atoms with Gasteiger partial charge in [0, 0.05) is 37.6 Å². The molecule has 0 aliphatic carbocycles. The number of ether oxygens (including phenoxy) is 1. The maximum absolute atomic E-state index is 12.3. The van der Waals surface area contributed by atoms with Crippen molar-refractivity contribution in [3.05, 3.63) is 65.5 Å². The summed E-state index contributed by atoms with van der Waals surface area (Å²) >= 11 is 0. The molecule has 2 heterocycles. The van der Waals surface area contributed by atoms with E-state index >= 15 is 0 Å². The largest absolute Gasteiger partial charge is 0.445 e. The second-order valence-corrected chi connectivity index (χ2v) is 7.10. The fraction of sp³-hybridized carbons (Fsp3) is 0.409. The molecule has 0 bridgehead atoms. The quantitative estimate of drug-likeness (QED) is 0.832. The monoisotopic (exact) mass is 381 g/mol. The third kappa shape index (κ3) is 5.55. The molecule has 3 rings (SSSR count). The average molecular weight is 381 g/mol. The smallest absolute Gasteiger partial charge is 0.410 e. The van der Waals surface area contributed by atoms with Crippen LogP contribution in [0.15, 0.2) is 48.8 Å². The molecular weight excluding hydrogens is 354 g/mol. The maximum atomic E-state index is 12.3. The summed E-state index contributed by atoms with van der Waals surface area (Å²) in [5, 5.41) is 2.97. The zero-order valence-corrected chi connectivity index (χ0v) is 16.3. The van der Waals surface area contributed by atoms with E-state index in [2.05, 4.69) is 29.4 Å². The van der Waals surface area contributed by atoms with E-state index in [0.717, 1.165) is 24.8 Å². The second kappa shape index (κ2) is 9.88. The summed E-state index contributed by atoms with van der Waals surface area (Å²) in [5.74, 6) is 0.287. The predicted molar refractivity (Wildman–Crippen MR) is 107 cm³/mol. The van der Waals surface area contributed by atoms with E-state index in [4.69, 9.17) is 4.74 Å². The van der Waals surface area contributed by atoms with E-state index < -0.39 is 0 Å². The van der Waals surface area contributed by atoms with Crippen LogP contribution in [-0.2, 0) is 17.8 Å². The molecule has 1 aliphatic heterocycles. The van der Waals surface area contributed by atoms with E-state index in [1.165, 1.54) is 5.56 Å². The van der Waals surface area contributed by atoms with Crippen LogP contribution in [0.1, 0.15) is 41.3 Å². The van der Waals surface area contributed by atoms with Crippen molar-refractivity contribution in [1.82, 2.24) is 15.2 Å². The van der Waals surface area contributed by atoms with E-state index in [-0.39, 0.29) is 12.0 Å². The Bertz CT molecular complexity index is 769. The Balaban J connectivity index is 1.37. The van der Waals surface area contributed by atoms with Gasteiger partial charge in [-0.05, 0) is 48.4 Å². The Morgan fingerprint density at radius 3 is 2.36 bits per heavy atom. The molecule has 1 N–H and O–H groups in total. The number of carbonyl (C=O) groups is 2. The fourth-order valence-electron chi connectivity index (χ4n) is 3.27. The van der Waals surface area contributed by atoms with Crippen LogP contribution in [0.5, 0.6) is 0 Å². The highest BCUT2D eigenvalue weighted by molar-refractivity contribution is 5.93. The van der Waals surface area contributed by atoms with Crippen molar-refractivity contribution in [1.29, 1.82) is 0 Å². The van der Waals surface area contributed by atoms with Crippen molar-refractivity contribution in [2.75, 3.05) is 19.6 Å². The lowest BCUT2D eigenvalue weighted by atomic mass is 9.97. The lowest BCUT2D eigenvalue weighted by Crippen LogP contribution is -2.41. The predicted octanol–water partition coefficient (Wildman–Crippen LogP) is 3.42. The highest BCUT2D eigenvalue weighted by atomic mass is 16.6. The average Bonchev–Trinajstić information content (AvgIpc) is 2.77. The van der Waals surface area contributed by atoms with Gasteiger partial charge in [0.2, 0.25) is 0 Å². The molecule has 6 heteroatoms. The number of rotatable bonds is 6. The number of hydrogen-bond acceptors (Lipinski definition) is 4. The number of aryl methyl sites for hydroxylation is 1. The zero-order valence-electron chi connectivity index (χ0n) is 16.3. The maximum Gasteiger partial charge on any atom is 0.410 e. The van der Waals surface area contributed by atoms with Gasteiger partial charge in [0.1, 0.15) is 6.61 Å². The lowest BCUT2D eigenvalue weighted by Gasteiger charge is -2.31. The molecule has 2 amide bonds. The normalized spacial score (nSPS) is 14.5. The molecule has 1 aromatic heterocycles. The summed E-state index contributed by atoms with van der Waals surface area (Å²) in [4.78, 5) is 30.0. The van der Waals surface area contributed by atoms with Gasteiger partial charge in [-0.15, -0.1) is 0 Å². The van der Waals surface area contributed by atoms with Gasteiger partial charge in [0.05, 0.1) is 0 Å². The Morgan fingerprint density at radius 1 is 1.07 bits per heavy atom. The summed E-state index contributed by atoms with van der Waals surface area (Å²) in [7, 11) is 0. The zero-order chi connectivity index (χ0) is 19.8. The molecule has 0 spiro atoms. The molecule has 1 aromatic carbocycles. The molecular formula is C22H27N3O3. The van der Waals surface area contributed by atoms with Crippen molar-refractivity contribution in [2.24, 2.45) is 5.92 Å². The Labute approximate surface area is 165 Å². The standard InChI is InChI=1S/C22H27N3O3/c1-2-17-3-5-19(6-4-17)16-28-22(27)25-13-9-18(10-14-25)15-24-21(26)20-7-11-23-12-8-20/h3-8,11-12,18H,2,9-10,13-16H2,1H3,(H,24,26). The van der Waals surface area contributed by atoms with Gasteiger partial charge >= 0.3 is 6.09 Å². The van der Waals surface area contributed by atoms with Gasteiger partial charge < -0.3 is 15.0 Å². The van der Waals surface area contributed by atoms with Crippen LogP contribution in [0.25, 0.3) is 0 Å². The number of amides is 2. The molecule has 28 heavy (non-hydrogen) atoms. The third-order valence-electron chi connectivity index (χ3n) is 5.16. The van der Waals surface area contributed by atoms with Crippen LogP contribution in [0.4, 0.5) is 4.79 Å². The van der Waals surface area contributed by atoms with Crippen molar-refractivity contribution in [3.63, 3.8) is 0 Å². The van der Waals surface area contributed by atoms with Gasteiger partial charge in [0.25, 0.3) is 5.91 Å². The Kier molecular flexibility index (Phi) is 7.00. The molecule has 1 saturated heterocycles. The summed E-state index contributed by atoms with van der Waals surface area (Å²) in [6.45, 7) is 4.34. The minimum absolute atomic E-state index is 0.0849. The van der Waals surface area contributed by atoms with Crippen molar-refractivity contribution in [3.8, 4) is 0 Å². The van der Waals surface area contributed by atoms with Gasteiger partial charge in [-0.3, -0.25) is 9.78 Å². The topological polar surface area (TPSA) is 71.5 Å². The Hall–Kier alpha value is -2.89. The molecule has 148 valence electrons. The molecule has 1 aliphatic rings. The van der Waals surface area contributed by atoms with Crippen molar-refractivity contribution >= 4 is 12.0 Å². The molecule has 0 radical (unpaired) electrons. The van der Waals surface area contributed by atoms with Crippen molar-refractivity contribution < 1.29 is 14.3 Å². The Morgan fingerprint density at radius 2 is 1.71 bits per heavy atom. The van der Waals surface area contributed by atoms with Crippen LogP contribution in [0, 0.1) is 5.92 Å². The number of hydrogen-bond donors (Lipinski definition) is 1. The highest BCUT2D eigenvalue weighted by Gasteiger charge is 2.24. The number of benzene rings is 1. The van der Waals surface area contributed by atoms with Crippen molar-refractivity contribution in [2.45, 2.75) is 32.8 Å². The highest BCUT2D eigenvalue weighted by Crippen LogP contribution is 2.18. The third-order valence-corrected chi connectivity index (χ3v) is 5.16. The summed E-state index contributed by atoms with van der Waals surface area (Å²) in [6, 6.07) is 11.5. The van der Waals surface area contributed by atoms with E-state index in [9.17, 15) is 9.59 Å². The summed E-state index contributed by atoms with van der Waals surface area (Å²) in [5.41, 5.74) is 2.88. The molecule has 0 unspecified atom stereocenters. The molecule has 2 aromatic rings. The van der Waals surface area contributed by atoms with Crippen LogP contribution in [0.2, 0.25) is 0 Å². The van der Waals surface area contributed by atoms with Crippen LogP contribution >= 0.6 is 0 Å². The van der Waals surface area contributed by atoms with Gasteiger partial charge in [-0.1, -0.05) is 31.2 Å². The fourth-order valence-corrected chi connectivity index (χ4v) is 3.27. The molecule has 0 saturated carbocycles. The number of piperidine rings is 1. The van der Waals surface area contributed by atoms with E-state index in [1.807, 2.05) is 12.1 Å². The molecule has 0 atom stereocenters. The minimum atomic E-state index is -0.265. The first-order valence-electron chi connectivity index (χ1n) is 9.83.